The second-order valence-corrected chi connectivity index (χ2v) is 10.3. The number of nitrogen functional groups attached to an aromatic ring is 1. The van der Waals surface area contributed by atoms with Gasteiger partial charge in [0.25, 0.3) is 5.91 Å². The van der Waals surface area contributed by atoms with Crippen LogP contribution < -0.4 is 15.8 Å². The van der Waals surface area contributed by atoms with Crippen LogP contribution in [-0.4, -0.2) is 57.4 Å². The maximum absolute atomic E-state index is 13.7. The molecule has 1 fully saturated rings. The Kier molecular flexibility index (Phi) is 6.88. The maximum Gasteiger partial charge on any atom is 0.321 e. The minimum atomic E-state index is -0.107. The van der Waals surface area contributed by atoms with Crippen LogP contribution in [0.4, 0.5) is 0 Å². The van der Waals surface area contributed by atoms with Crippen molar-refractivity contribution in [3.05, 3.63) is 95.9 Å². The molecule has 0 aliphatic carbocycles. The van der Waals surface area contributed by atoms with Crippen LogP contribution in [0.3, 0.4) is 0 Å². The van der Waals surface area contributed by atoms with Crippen LogP contribution in [0.25, 0.3) is 21.7 Å². The lowest BCUT2D eigenvalue weighted by Crippen LogP contribution is -2.43. The molecule has 202 valence electrons. The lowest BCUT2D eigenvalue weighted by Gasteiger charge is -2.29. The summed E-state index contributed by atoms with van der Waals surface area (Å²) >= 11 is 0. The van der Waals surface area contributed by atoms with E-state index in [2.05, 4.69) is 33.3 Å². The van der Waals surface area contributed by atoms with Crippen LogP contribution in [0, 0.1) is 5.41 Å². The Balaban J connectivity index is 1.43. The zero-order valence-corrected chi connectivity index (χ0v) is 22.3. The summed E-state index contributed by atoms with van der Waals surface area (Å²) in [5, 5.41) is 14.2. The van der Waals surface area contributed by atoms with E-state index in [9.17, 15) is 4.79 Å². The van der Waals surface area contributed by atoms with Crippen molar-refractivity contribution in [1.29, 1.82) is 5.41 Å². The van der Waals surface area contributed by atoms with Gasteiger partial charge in [-0.3, -0.25) is 10.2 Å². The molecule has 6 rings (SSSR count). The molecule has 1 aliphatic rings. The van der Waals surface area contributed by atoms with Crippen LogP contribution >= 0.6 is 0 Å². The van der Waals surface area contributed by atoms with Gasteiger partial charge in [0.1, 0.15) is 17.3 Å². The maximum atomic E-state index is 13.7. The Morgan fingerprint density at radius 2 is 1.80 bits per heavy atom. The molecule has 5 aromatic rings. The summed E-state index contributed by atoms with van der Waals surface area (Å²) in [4.78, 5) is 24.4. The molecule has 4 N–H and O–H groups in total. The van der Waals surface area contributed by atoms with Crippen LogP contribution in [0.15, 0.2) is 79.1 Å². The summed E-state index contributed by atoms with van der Waals surface area (Å²) in [6.07, 6.45) is 5.11. The van der Waals surface area contributed by atoms with Gasteiger partial charge in [0.15, 0.2) is 0 Å². The van der Waals surface area contributed by atoms with Crippen LogP contribution in [-0.2, 0) is 6.54 Å². The number of amides is 1. The predicted molar refractivity (Wildman–Crippen MR) is 156 cm³/mol. The molecule has 0 bridgehead atoms. The molecule has 3 aromatic carbocycles. The molecule has 2 aromatic heterocycles. The monoisotopic (exact) mass is 533 g/mol. The molecule has 1 amide bonds. The van der Waals surface area contributed by atoms with E-state index >= 15 is 0 Å². The van der Waals surface area contributed by atoms with Gasteiger partial charge in [0.2, 0.25) is 0 Å². The lowest BCUT2D eigenvalue weighted by molar-refractivity contribution is 0.0908. The number of benzene rings is 3. The number of hydrogen-bond acceptors (Lipinski definition) is 6. The normalized spacial score (nSPS) is 14.4. The van der Waals surface area contributed by atoms with Crippen molar-refractivity contribution >= 4 is 33.4 Å². The Morgan fingerprint density at radius 1 is 1.02 bits per heavy atom. The van der Waals surface area contributed by atoms with E-state index in [0.29, 0.717) is 23.6 Å². The van der Waals surface area contributed by atoms with Gasteiger partial charge < -0.3 is 25.3 Å². The van der Waals surface area contributed by atoms with E-state index in [0.717, 1.165) is 53.2 Å². The summed E-state index contributed by atoms with van der Waals surface area (Å²) in [7, 11) is 2.11. The van der Waals surface area contributed by atoms with E-state index in [4.69, 9.17) is 15.9 Å². The largest absolute Gasteiger partial charge is 0.424 e. The molecule has 0 radical (unpaired) electrons. The molecule has 1 aliphatic heterocycles. The zero-order valence-electron chi connectivity index (χ0n) is 22.3. The van der Waals surface area contributed by atoms with Gasteiger partial charge in [0, 0.05) is 41.4 Å². The average Bonchev–Trinajstić information content (AvgIpc) is 3.32. The van der Waals surface area contributed by atoms with E-state index in [1.54, 1.807) is 18.5 Å². The smallest absolute Gasteiger partial charge is 0.321 e. The number of carbonyl (C=O) groups excluding carboxylic acids is 1. The molecule has 40 heavy (non-hydrogen) atoms. The van der Waals surface area contributed by atoms with Gasteiger partial charge in [-0.15, -0.1) is 0 Å². The van der Waals surface area contributed by atoms with Crippen LogP contribution in [0.2, 0.25) is 0 Å². The number of likely N-dealkylation sites (tertiary alicyclic amines) is 1. The number of fused-ring (bicyclic) bond motifs is 2. The minimum Gasteiger partial charge on any atom is -0.424 e. The molecular weight excluding hydrogens is 502 g/mol. The highest BCUT2D eigenvalue weighted by Gasteiger charge is 2.23. The second kappa shape index (κ2) is 10.8. The highest BCUT2D eigenvalue weighted by atomic mass is 16.5. The zero-order chi connectivity index (χ0) is 27.6. The van der Waals surface area contributed by atoms with Gasteiger partial charge in [-0.2, -0.15) is 0 Å². The summed E-state index contributed by atoms with van der Waals surface area (Å²) in [5.74, 6) is 0.485. The summed E-state index contributed by atoms with van der Waals surface area (Å²) < 4.78 is 8.02. The van der Waals surface area contributed by atoms with Crippen molar-refractivity contribution in [3.63, 3.8) is 0 Å². The Hall–Kier alpha value is -4.76. The van der Waals surface area contributed by atoms with Crippen LogP contribution in [0.5, 0.6) is 11.8 Å². The number of nitrogens with one attached hydrogen (secondary N) is 2. The number of piperidine rings is 1. The number of amidine groups is 1. The lowest BCUT2D eigenvalue weighted by atomic mass is 10.0. The van der Waals surface area contributed by atoms with Gasteiger partial charge in [-0.1, -0.05) is 36.4 Å². The molecule has 9 heteroatoms. The number of hydrogen-bond donors (Lipinski definition) is 3. The van der Waals surface area contributed by atoms with Crippen molar-refractivity contribution < 1.29 is 9.53 Å². The first-order chi connectivity index (χ1) is 19.4. The topological polar surface area (TPSA) is 122 Å². The third-order valence-corrected chi connectivity index (χ3v) is 7.50. The third kappa shape index (κ3) is 5.23. The van der Waals surface area contributed by atoms with Gasteiger partial charge in [-0.05, 0) is 79.6 Å². The first-order valence-electron chi connectivity index (χ1n) is 13.4. The fourth-order valence-electron chi connectivity index (χ4n) is 5.36. The van der Waals surface area contributed by atoms with E-state index < -0.39 is 0 Å². The number of ether oxygens (including phenoxy) is 1. The fourth-order valence-corrected chi connectivity index (χ4v) is 5.36. The average molecular weight is 534 g/mol. The highest BCUT2D eigenvalue weighted by Crippen LogP contribution is 2.31. The summed E-state index contributed by atoms with van der Waals surface area (Å²) in [5.41, 5.74) is 8.82. The fraction of sp³-hybridized carbons (Fsp3) is 0.226. The number of rotatable bonds is 7. The first-order valence-corrected chi connectivity index (χ1v) is 13.4. The van der Waals surface area contributed by atoms with Crippen molar-refractivity contribution in [2.24, 2.45) is 5.73 Å². The summed E-state index contributed by atoms with van der Waals surface area (Å²) in [6, 6.07) is 21.7. The SMILES string of the molecule is CN1CCC(NC(=O)c2cc3ccc(C(=N)N)cc3n2Cc2cc(Oc3ncccn3)cc3ccccc23)CC1. The number of carbonyl (C=O) groups is 1. The minimum absolute atomic E-state index is 0.0179. The van der Waals surface area contributed by atoms with Crippen molar-refractivity contribution in [3.8, 4) is 11.8 Å². The van der Waals surface area contributed by atoms with E-state index in [1.165, 1.54) is 0 Å². The Bertz CT molecular complexity index is 1710. The molecule has 0 spiro atoms. The molecule has 0 atom stereocenters. The Labute approximate surface area is 232 Å². The van der Waals surface area contributed by atoms with Crippen LogP contribution in [0.1, 0.15) is 34.5 Å². The predicted octanol–water partition coefficient (Wildman–Crippen LogP) is 4.53. The second-order valence-electron chi connectivity index (χ2n) is 10.3. The number of aromatic nitrogens is 3. The molecule has 9 nitrogen and oxygen atoms in total. The van der Waals surface area contributed by atoms with Crippen molar-refractivity contribution in [1.82, 2.24) is 24.8 Å². The van der Waals surface area contributed by atoms with Crippen molar-refractivity contribution in [2.75, 3.05) is 20.1 Å². The van der Waals surface area contributed by atoms with Gasteiger partial charge in [0.05, 0.1) is 0 Å². The van der Waals surface area contributed by atoms with Gasteiger partial charge in [-0.25, -0.2) is 9.97 Å². The molecule has 0 unspecified atom stereocenters. The third-order valence-electron chi connectivity index (χ3n) is 7.50. The molecule has 3 heterocycles. The van der Waals surface area contributed by atoms with E-state index in [1.807, 2.05) is 59.2 Å². The van der Waals surface area contributed by atoms with E-state index in [-0.39, 0.29) is 23.8 Å². The van der Waals surface area contributed by atoms with Crippen molar-refractivity contribution in [2.45, 2.75) is 25.4 Å². The quantitative estimate of drug-likeness (QED) is 0.209. The first kappa shape index (κ1) is 25.5. The Morgan fingerprint density at radius 3 is 2.58 bits per heavy atom. The molecular formula is C31H31N7O2. The molecule has 1 saturated heterocycles. The molecule has 0 saturated carbocycles. The van der Waals surface area contributed by atoms with Gasteiger partial charge >= 0.3 is 6.01 Å². The highest BCUT2D eigenvalue weighted by molar-refractivity contribution is 6.02. The summed E-state index contributed by atoms with van der Waals surface area (Å²) in [6.45, 7) is 2.33. The number of nitrogens with zero attached hydrogens (tertiary/aromatic N) is 4. The number of nitrogens with two attached hydrogens (primary N) is 1. The standard InChI is InChI=1S/C31H31N7O2/c1-37-13-9-24(10-14-37)36-30(39)28-17-21-7-8-22(29(32)33)18-27(21)38(28)19-23-16-25(40-31-34-11-4-12-35-31)15-20-5-2-3-6-26(20)23/h2-8,11-12,15-18,24H,9-10,13-14,19H2,1H3,(H3,32,33)(H,36,39).